The lowest BCUT2D eigenvalue weighted by atomic mass is 9.89. The molecule has 80 valence electrons. The lowest BCUT2D eigenvalue weighted by Gasteiger charge is -2.30. The molecule has 1 nitrogen and oxygen atoms in total. The third-order valence-corrected chi connectivity index (χ3v) is 2.89. The molecule has 0 saturated carbocycles. The first-order chi connectivity index (χ1) is 6.77. The molecule has 0 aromatic rings. The zero-order valence-electron chi connectivity index (χ0n) is 9.79. The first-order valence-corrected chi connectivity index (χ1v) is 5.79. The Labute approximate surface area is 88.5 Å². The number of piperidine rings is 1. The standard InChI is InChI=1S/C13H23N/c1-4-7-12(8-5-2)13-9-6-10-14(3)11-13/h4,7-8,13H,5-6,9-11H2,1-3H3/b7-4-,12-8+. The van der Waals surface area contributed by atoms with Crippen molar-refractivity contribution in [2.75, 3.05) is 20.1 Å². The second-order valence-corrected chi connectivity index (χ2v) is 4.21. The van der Waals surface area contributed by atoms with Crippen LogP contribution in [-0.2, 0) is 0 Å². The minimum absolute atomic E-state index is 0.768. The summed E-state index contributed by atoms with van der Waals surface area (Å²) in [5.41, 5.74) is 1.54. The van der Waals surface area contributed by atoms with Gasteiger partial charge in [-0.1, -0.05) is 25.2 Å². The molecular formula is C13H23N. The minimum atomic E-state index is 0.768. The van der Waals surface area contributed by atoms with E-state index in [2.05, 4.69) is 44.0 Å². The molecule has 1 heteroatoms. The highest BCUT2D eigenvalue weighted by atomic mass is 15.1. The molecule has 1 aliphatic rings. The van der Waals surface area contributed by atoms with Crippen molar-refractivity contribution in [1.29, 1.82) is 0 Å². The molecule has 1 rings (SSSR count). The lowest BCUT2D eigenvalue weighted by Crippen LogP contribution is -2.32. The molecule has 1 unspecified atom stereocenters. The van der Waals surface area contributed by atoms with Gasteiger partial charge in [0.25, 0.3) is 0 Å². The van der Waals surface area contributed by atoms with E-state index in [1.54, 1.807) is 5.57 Å². The first kappa shape index (κ1) is 11.5. The van der Waals surface area contributed by atoms with E-state index in [9.17, 15) is 0 Å². The van der Waals surface area contributed by atoms with Crippen LogP contribution in [0.4, 0.5) is 0 Å². The van der Waals surface area contributed by atoms with Crippen LogP contribution in [-0.4, -0.2) is 25.0 Å². The maximum absolute atomic E-state index is 2.45. The Kier molecular flexibility index (Phi) is 4.95. The molecule has 1 saturated heterocycles. The van der Waals surface area contributed by atoms with Crippen LogP contribution in [0.2, 0.25) is 0 Å². The molecule has 0 bridgehead atoms. The summed E-state index contributed by atoms with van der Waals surface area (Å²) in [6.45, 7) is 6.83. The molecule has 1 heterocycles. The van der Waals surface area contributed by atoms with Crippen LogP contribution in [0, 0.1) is 5.92 Å². The number of likely N-dealkylation sites (tertiary alicyclic amines) is 1. The molecule has 0 aromatic heterocycles. The fourth-order valence-corrected chi connectivity index (χ4v) is 2.24. The fraction of sp³-hybridized carbons (Fsp3) is 0.692. The Morgan fingerprint density at radius 3 is 2.86 bits per heavy atom. The molecule has 0 aliphatic carbocycles. The van der Waals surface area contributed by atoms with E-state index in [1.807, 2.05) is 0 Å². The van der Waals surface area contributed by atoms with E-state index in [1.165, 1.54) is 25.9 Å². The Morgan fingerprint density at radius 1 is 1.50 bits per heavy atom. The van der Waals surface area contributed by atoms with E-state index in [0.717, 1.165) is 12.3 Å². The van der Waals surface area contributed by atoms with Crippen molar-refractivity contribution in [2.45, 2.75) is 33.1 Å². The molecular weight excluding hydrogens is 170 g/mol. The van der Waals surface area contributed by atoms with Gasteiger partial charge in [-0.3, -0.25) is 0 Å². The molecule has 0 spiro atoms. The summed E-state index contributed by atoms with van der Waals surface area (Å²) in [5.74, 6) is 0.768. The predicted molar refractivity (Wildman–Crippen MR) is 63.4 cm³/mol. The number of rotatable bonds is 3. The molecule has 1 atom stereocenters. The van der Waals surface area contributed by atoms with E-state index in [-0.39, 0.29) is 0 Å². The van der Waals surface area contributed by atoms with Gasteiger partial charge in [0.2, 0.25) is 0 Å². The van der Waals surface area contributed by atoms with Crippen LogP contribution in [0.25, 0.3) is 0 Å². The quantitative estimate of drug-likeness (QED) is 0.622. The summed E-state index contributed by atoms with van der Waals surface area (Å²) < 4.78 is 0. The second-order valence-electron chi connectivity index (χ2n) is 4.21. The summed E-state index contributed by atoms with van der Waals surface area (Å²) in [4.78, 5) is 2.45. The summed E-state index contributed by atoms with van der Waals surface area (Å²) in [6.07, 6.45) is 10.7. The van der Waals surface area contributed by atoms with Gasteiger partial charge in [-0.15, -0.1) is 0 Å². The van der Waals surface area contributed by atoms with Crippen molar-refractivity contribution < 1.29 is 0 Å². The summed E-state index contributed by atoms with van der Waals surface area (Å²) in [5, 5.41) is 0. The number of nitrogens with zero attached hydrogens (tertiary/aromatic N) is 1. The second kappa shape index (κ2) is 6.02. The van der Waals surface area contributed by atoms with Crippen LogP contribution < -0.4 is 0 Å². The van der Waals surface area contributed by atoms with Crippen molar-refractivity contribution >= 4 is 0 Å². The van der Waals surface area contributed by atoms with Crippen molar-refractivity contribution in [3.63, 3.8) is 0 Å². The zero-order valence-corrected chi connectivity index (χ0v) is 9.79. The van der Waals surface area contributed by atoms with Crippen molar-refractivity contribution in [3.8, 4) is 0 Å². The van der Waals surface area contributed by atoms with Crippen LogP contribution in [0.5, 0.6) is 0 Å². The van der Waals surface area contributed by atoms with Crippen LogP contribution >= 0.6 is 0 Å². The maximum Gasteiger partial charge on any atom is 0.00471 e. The van der Waals surface area contributed by atoms with Gasteiger partial charge in [0.05, 0.1) is 0 Å². The Bertz CT molecular complexity index is 215. The topological polar surface area (TPSA) is 3.24 Å². The van der Waals surface area contributed by atoms with Gasteiger partial charge in [0, 0.05) is 6.54 Å². The number of hydrogen-bond acceptors (Lipinski definition) is 1. The van der Waals surface area contributed by atoms with Crippen LogP contribution in [0.1, 0.15) is 33.1 Å². The predicted octanol–water partition coefficient (Wildman–Crippen LogP) is 3.24. The van der Waals surface area contributed by atoms with Crippen molar-refractivity contribution in [3.05, 3.63) is 23.8 Å². The molecule has 1 aliphatic heterocycles. The highest BCUT2D eigenvalue weighted by Gasteiger charge is 2.18. The number of allylic oxidation sites excluding steroid dienone is 3. The summed E-state index contributed by atoms with van der Waals surface area (Å²) in [6, 6.07) is 0. The average molecular weight is 193 g/mol. The maximum atomic E-state index is 2.45. The van der Waals surface area contributed by atoms with Gasteiger partial charge in [0.15, 0.2) is 0 Å². The first-order valence-electron chi connectivity index (χ1n) is 5.79. The van der Waals surface area contributed by atoms with E-state index in [4.69, 9.17) is 0 Å². The smallest absolute Gasteiger partial charge is 0.00471 e. The minimum Gasteiger partial charge on any atom is -0.306 e. The van der Waals surface area contributed by atoms with Gasteiger partial charge in [0.1, 0.15) is 0 Å². The Balaban J connectivity index is 2.62. The lowest BCUT2D eigenvalue weighted by molar-refractivity contribution is 0.232. The molecule has 0 aromatic carbocycles. The highest BCUT2D eigenvalue weighted by molar-refractivity contribution is 5.22. The SMILES string of the molecule is C/C=C\C(=C/CC)C1CCCN(C)C1. The van der Waals surface area contributed by atoms with E-state index < -0.39 is 0 Å². The normalized spacial score (nSPS) is 25.9. The molecule has 0 radical (unpaired) electrons. The summed E-state index contributed by atoms with van der Waals surface area (Å²) in [7, 11) is 2.23. The third-order valence-electron chi connectivity index (χ3n) is 2.89. The third kappa shape index (κ3) is 3.30. The van der Waals surface area contributed by atoms with Crippen molar-refractivity contribution in [2.24, 2.45) is 5.92 Å². The van der Waals surface area contributed by atoms with E-state index in [0.29, 0.717) is 0 Å². The molecule has 1 fully saturated rings. The van der Waals surface area contributed by atoms with Gasteiger partial charge in [-0.05, 0) is 51.3 Å². The Hall–Kier alpha value is -0.560. The van der Waals surface area contributed by atoms with Gasteiger partial charge < -0.3 is 4.90 Å². The van der Waals surface area contributed by atoms with Gasteiger partial charge in [-0.2, -0.15) is 0 Å². The van der Waals surface area contributed by atoms with Crippen LogP contribution in [0.15, 0.2) is 23.8 Å². The summed E-state index contributed by atoms with van der Waals surface area (Å²) >= 11 is 0. The number of hydrogen-bond donors (Lipinski definition) is 0. The van der Waals surface area contributed by atoms with Gasteiger partial charge >= 0.3 is 0 Å². The van der Waals surface area contributed by atoms with Crippen molar-refractivity contribution in [1.82, 2.24) is 4.90 Å². The van der Waals surface area contributed by atoms with Crippen LogP contribution in [0.3, 0.4) is 0 Å². The average Bonchev–Trinajstić information content (AvgIpc) is 2.17. The fourth-order valence-electron chi connectivity index (χ4n) is 2.24. The van der Waals surface area contributed by atoms with Gasteiger partial charge in [-0.25, -0.2) is 0 Å². The highest BCUT2D eigenvalue weighted by Crippen LogP contribution is 2.24. The molecule has 14 heavy (non-hydrogen) atoms. The zero-order chi connectivity index (χ0) is 10.4. The largest absolute Gasteiger partial charge is 0.306 e. The molecule has 0 N–H and O–H groups in total. The monoisotopic (exact) mass is 193 g/mol. The molecule has 0 amide bonds. The Morgan fingerprint density at radius 2 is 2.29 bits per heavy atom. The van der Waals surface area contributed by atoms with E-state index >= 15 is 0 Å².